The van der Waals surface area contributed by atoms with Gasteiger partial charge in [0.1, 0.15) is 12.7 Å². The second-order valence-corrected chi connectivity index (χ2v) is 6.14. The number of nitrogens with zero attached hydrogens (tertiary/aromatic N) is 4. The molecule has 2 aromatic carbocycles. The molecule has 0 spiro atoms. The van der Waals surface area contributed by atoms with Gasteiger partial charge in [-0.2, -0.15) is 5.10 Å². The summed E-state index contributed by atoms with van der Waals surface area (Å²) < 4.78 is 12.3. The van der Waals surface area contributed by atoms with Crippen molar-refractivity contribution in [1.29, 1.82) is 0 Å². The van der Waals surface area contributed by atoms with Crippen molar-refractivity contribution in [3.8, 4) is 11.5 Å². The number of carbonyl (C=O) groups excluding carboxylic acids is 1. The maximum Gasteiger partial charge on any atom is 0.253 e. The van der Waals surface area contributed by atoms with Crippen molar-refractivity contribution in [2.45, 2.75) is 13.1 Å². The molecule has 0 atom stereocenters. The lowest BCUT2D eigenvalue weighted by Gasteiger charge is -2.18. The Morgan fingerprint density at radius 2 is 1.74 bits per heavy atom. The maximum absolute atomic E-state index is 12.7. The van der Waals surface area contributed by atoms with Gasteiger partial charge in [-0.3, -0.25) is 4.79 Å². The Hall–Kier alpha value is -3.35. The summed E-state index contributed by atoms with van der Waals surface area (Å²) in [6, 6.07) is 13.2. The van der Waals surface area contributed by atoms with Gasteiger partial charge in [-0.15, -0.1) is 0 Å². The number of ether oxygens (including phenoxy) is 2. The smallest absolute Gasteiger partial charge is 0.253 e. The van der Waals surface area contributed by atoms with Crippen LogP contribution >= 0.6 is 0 Å². The fraction of sp³-hybridized carbons (Fsp3) is 0.250. The van der Waals surface area contributed by atoms with Crippen molar-refractivity contribution in [2.24, 2.45) is 0 Å². The molecule has 1 aromatic heterocycles. The van der Waals surface area contributed by atoms with E-state index in [1.807, 2.05) is 42.5 Å². The van der Waals surface area contributed by atoms with E-state index < -0.39 is 0 Å². The first-order chi connectivity index (χ1) is 13.1. The molecule has 1 amide bonds. The molecule has 27 heavy (non-hydrogen) atoms. The number of methoxy groups -OCH3 is 2. The normalized spacial score (nSPS) is 10.5. The van der Waals surface area contributed by atoms with Crippen LogP contribution in [0.5, 0.6) is 11.5 Å². The third kappa shape index (κ3) is 4.44. The lowest BCUT2D eigenvalue weighted by Crippen LogP contribution is -2.26. The van der Waals surface area contributed by atoms with Crippen LogP contribution in [0, 0.1) is 0 Å². The van der Waals surface area contributed by atoms with Crippen molar-refractivity contribution < 1.29 is 14.3 Å². The first-order valence-corrected chi connectivity index (χ1v) is 8.48. The van der Waals surface area contributed by atoms with E-state index in [0.29, 0.717) is 30.2 Å². The Balaban J connectivity index is 1.66. The van der Waals surface area contributed by atoms with Crippen LogP contribution in [0.3, 0.4) is 0 Å². The summed E-state index contributed by atoms with van der Waals surface area (Å²) in [6.07, 6.45) is 3.16. The third-order valence-corrected chi connectivity index (χ3v) is 4.23. The summed E-state index contributed by atoms with van der Waals surface area (Å²) in [5.41, 5.74) is 2.66. The van der Waals surface area contributed by atoms with E-state index >= 15 is 0 Å². The highest BCUT2D eigenvalue weighted by Crippen LogP contribution is 2.28. The van der Waals surface area contributed by atoms with Crippen LogP contribution in [0.4, 0.5) is 0 Å². The standard InChI is InChI=1S/C20H22N4O3/c1-23(11-16-6-9-18(26-2)19(10-16)27-3)20(25)17-7-4-15(5-8-17)12-24-14-21-13-22-24/h4-10,13-14H,11-12H2,1-3H3. The fourth-order valence-corrected chi connectivity index (χ4v) is 2.80. The lowest BCUT2D eigenvalue weighted by molar-refractivity contribution is 0.0785. The molecule has 0 radical (unpaired) electrons. The molecule has 0 bridgehead atoms. The van der Waals surface area contributed by atoms with Crippen LogP contribution in [-0.2, 0) is 13.1 Å². The highest BCUT2D eigenvalue weighted by molar-refractivity contribution is 5.94. The van der Waals surface area contributed by atoms with Crippen LogP contribution in [0.2, 0.25) is 0 Å². The highest BCUT2D eigenvalue weighted by Gasteiger charge is 2.13. The molecule has 0 saturated heterocycles. The molecule has 0 N–H and O–H groups in total. The second-order valence-electron chi connectivity index (χ2n) is 6.14. The molecule has 0 aliphatic heterocycles. The van der Waals surface area contributed by atoms with Crippen molar-refractivity contribution in [1.82, 2.24) is 19.7 Å². The second kappa shape index (κ2) is 8.35. The monoisotopic (exact) mass is 366 g/mol. The van der Waals surface area contributed by atoms with Crippen LogP contribution in [-0.4, -0.2) is 46.8 Å². The van der Waals surface area contributed by atoms with Crippen molar-refractivity contribution in [3.05, 3.63) is 71.8 Å². The van der Waals surface area contributed by atoms with Gasteiger partial charge in [0.05, 0.1) is 20.8 Å². The summed E-state index contributed by atoms with van der Waals surface area (Å²) in [7, 11) is 4.97. The Morgan fingerprint density at radius 3 is 2.37 bits per heavy atom. The van der Waals surface area contributed by atoms with Crippen molar-refractivity contribution >= 4 is 5.91 Å². The summed E-state index contributed by atoms with van der Waals surface area (Å²) >= 11 is 0. The molecule has 0 unspecified atom stereocenters. The van der Waals surface area contributed by atoms with Gasteiger partial charge < -0.3 is 14.4 Å². The molecule has 1 heterocycles. The van der Waals surface area contributed by atoms with Gasteiger partial charge in [0.2, 0.25) is 0 Å². The zero-order valence-electron chi connectivity index (χ0n) is 15.6. The summed E-state index contributed by atoms with van der Waals surface area (Å²) in [6.45, 7) is 1.09. The van der Waals surface area contributed by atoms with Crippen molar-refractivity contribution in [2.75, 3.05) is 21.3 Å². The SMILES string of the molecule is COc1ccc(CN(C)C(=O)c2ccc(Cn3cncn3)cc2)cc1OC. The predicted molar refractivity (Wildman–Crippen MR) is 101 cm³/mol. The molecule has 7 nitrogen and oxygen atoms in total. The third-order valence-electron chi connectivity index (χ3n) is 4.23. The average Bonchev–Trinajstić information content (AvgIpc) is 3.21. The fourth-order valence-electron chi connectivity index (χ4n) is 2.80. The number of carbonyl (C=O) groups is 1. The summed E-state index contributed by atoms with van der Waals surface area (Å²) in [5.74, 6) is 1.27. The molecule has 0 aliphatic carbocycles. The first kappa shape index (κ1) is 18.4. The number of amides is 1. The van der Waals surface area contributed by atoms with Gasteiger partial charge in [0.15, 0.2) is 11.5 Å². The number of hydrogen-bond acceptors (Lipinski definition) is 5. The van der Waals surface area contributed by atoms with Gasteiger partial charge >= 0.3 is 0 Å². The van der Waals surface area contributed by atoms with E-state index in [0.717, 1.165) is 11.1 Å². The molecule has 0 saturated carbocycles. The van der Waals surface area contributed by atoms with Crippen molar-refractivity contribution in [3.63, 3.8) is 0 Å². The summed E-state index contributed by atoms with van der Waals surface area (Å²) in [5, 5.41) is 4.08. The summed E-state index contributed by atoms with van der Waals surface area (Å²) in [4.78, 5) is 18.3. The van der Waals surface area contributed by atoms with Gasteiger partial charge in [0, 0.05) is 19.2 Å². The molecular weight excluding hydrogens is 344 g/mol. The Labute approximate surface area is 158 Å². The minimum atomic E-state index is -0.0444. The maximum atomic E-state index is 12.7. The Bertz CT molecular complexity index is 892. The molecule has 3 rings (SSSR count). The van der Waals surface area contributed by atoms with Crippen LogP contribution < -0.4 is 9.47 Å². The number of hydrogen-bond donors (Lipinski definition) is 0. The van der Waals surface area contributed by atoms with Gasteiger partial charge in [-0.25, -0.2) is 9.67 Å². The number of rotatable bonds is 7. The molecular formula is C20H22N4O3. The first-order valence-electron chi connectivity index (χ1n) is 8.48. The molecule has 0 aliphatic rings. The lowest BCUT2D eigenvalue weighted by atomic mass is 10.1. The minimum Gasteiger partial charge on any atom is -0.493 e. The van der Waals surface area contributed by atoms with Gasteiger partial charge in [0.25, 0.3) is 5.91 Å². The van der Waals surface area contributed by atoms with E-state index in [9.17, 15) is 4.79 Å². The average molecular weight is 366 g/mol. The Morgan fingerprint density at radius 1 is 1.04 bits per heavy atom. The number of aromatic nitrogens is 3. The minimum absolute atomic E-state index is 0.0444. The van der Waals surface area contributed by atoms with Crippen LogP contribution in [0.1, 0.15) is 21.5 Å². The van der Waals surface area contributed by atoms with E-state index in [1.54, 1.807) is 37.2 Å². The largest absolute Gasteiger partial charge is 0.493 e. The molecule has 3 aromatic rings. The quantitative estimate of drug-likeness (QED) is 0.643. The van der Waals surface area contributed by atoms with E-state index in [-0.39, 0.29) is 5.91 Å². The van der Waals surface area contributed by atoms with Crippen LogP contribution in [0.15, 0.2) is 55.1 Å². The zero-order chi connectivity index (χ0) is 19.2. The zero-order valence-corrected chi connectivity index (χ0v) is 15.6. The molecule has 140 valence electrons. The Kier molecular flexibility index (Phi) is 5.71. The van der Waals surface area contributed by atoms with E-state index in [1.165, 1.54) is 6.33 Å². The van der Waals surface area contributed by atoms with E-state index in [2.05, 4.69) is 10.1 Å². The van der Waals surface area contributed by atoms with Gasteiger partial charge in [-0.1, -0.05) is 18.2 Å². The predicted octanol–water partition coefficient (Wildman–Crippen LogP) is 2.62. The van der Waals surface area contributed by atoms with Gasteiger partial charge in [-0.05, 0) is 35.4 Å². The van der Waals surface area contributed by atoms with E-state index in [4.69, 9.17) is 9.47 Å². The topological polar surface area (TPSA) is 69.5 Å². The molecule has 7 heteroatoms. The molecule has 0 fully saturated rings. The number of benzene rings is 2. The van der Waals surface area contributed by atoms with Crippen LogP contribution in [0.25, 0.3) is 0 Å². The highest BCUT2D eigenvalue weighted by atomic mass is 16.5.